The van der Waals surface area contributed by atoms with Crippen LogP contribution in [0.2, 0.25) is 0 Å². The van der Waals surface area contributed by atoms with Gasteiger partial charge in [0.15, 0.2) is 0 Å². The minimum absolute atomic E-state index is 0.107. The second-order valence-electron chi connectivity index (χ2n) is 14.5. The molecule has 8 heteroatoms. The van der Waals surface area contributed by atoms with E-state index in [1.807, 2.05) is 104 Å². The van der Waals surface area contributed by atoms with Crippen LogP contribution in [0, 0.1) is 126 Å². The summed E-state index contributed by atoms with van der Waals surface area (Å²) in [5, 5.41) is 2.92. The van der Waals surface area contributed by atoms with E-state index >= 15 is 0 Å². The van der Waals surface area contributed by atoms with E-state index in [1.54, 1.807) is 0 Å². The average molecular weight is 835 g/mol. The topological polar surface area (TPSA) is 71.1 Å². The van der Waals surface area contributed by atoms with E-state index in [-0.39, 0.29) is 52.9 Å². The molecule has 4 aromatic rings. The second-order valence-corrected chi connectivity index (χ2v) is 19.4. The molecule has 0 aliphatic heterocycles. The van der Waals surface area contributed by atoms with Crippen molar-refractivity contribution in [2.24, 2.45) is 0 Å². The van der Waals surface area contributed by atoms with Gasteiger partial charge in [0.05, 0.1) is 0 Å². The summed E-state index contributed by atoms with van der Waals surface area (Å²) in [6.45, 7) is 17.3. The molecule has 6 nitrogen and oxygen atoms in total. The fraction of sp³-hybridized carbons (Fsp3) is 0.308. The highest BCUT2D eigenvalue weighted by molar-refractivity contribution is 7.83. The summed E-state index contributed by atoms with van der Waals surface area (Å²) in [5.74, 6) is 28.6. The molecule has 0 heterocycles. The summed E-state index contributed by atoms with van der Waals surface area (Å²) in [6, 6.07) is 23.9. The molecule has 0 aliphatic carbocycles. The van der Waals surface area contributed by atoms with Gasteiger partial charge in [0.1, 0.15) is 52.9 Å². The molecule has 0 fully saturated rings. The van der Waals surface area contributed by atoms with Gasteiger partial charge in [-0.3, -0.25) is 9.13 Å². The van der Waals surface area contributed by atoms with Crippen LogP contribution in [0.25, 0.3) is 0 Å². The molecule has 0 saturated carbocycles. The first-order valence-corrected chi connectivity index (χ1v) is 22.9. The summed E-state index contributed by atoms with van der Waals surface area (Å²) >= 11 is 0. The first-order chi connectivity index (χ1) is 28.8. The van der Waals surface area contributed by atoms with Crippen LogP contribution in [0.5, 0.6) is 0 Å². The van der Waals surface area contributed by atoms with Crippen molar-refractivity contribution >= 4 is 35.5 Å². The number of aryl methyl sites for hydroxylation is 8. The van der Waals surface area contributed by atoms with Gasteiger partial charge in [0.2, 0.25) is 14.3 Å². The van der Waals surface area contributed by atoms with Crippen LogP contribution in [-0.4, -0.2) is 52.9 Å². The Morgan fingerprint density at radius 2 is 0.517 bits per heavy atom. The van der Waals surface area contributed by atoms with E-state index in [4.69, 9.17) is 18.9 Å². The van der Waals surface area contributed by atoms with Crippen LogP contribution in [0.4, 0.5) is 0 Å². The van der Waals surface area contributed by atoms with Gasteiger partial charge in [-0.2, -0.15) is 0 Å². The van der Waals surface area contributed by atoms with Crippen molar-refractivity contribution in [1.82, 2.24) is 0 Å². The van der Waals surface area contributed by atoms with E-state index in [2.05, 4.69) is 94.8 Å². The molecule has 0 aromatic heterocycles. The Bertz CT molecular complexity index is 2280. The van der Waals surface area contributed by atoms with E-state index in [1.165, 1.54) is 0 Å². The highest BCUT2D eigenvalue weighted by Crippen LogP contribution is 2.44. The van der Waals surface area contributed by atoms with Crippen LogP contribution in [0.1, 0.15) is 44.5 Å². The smallest absolute Gasteiger partial charge is 0.210 e. The Hall–Kier alpha value is -5.46. The third-order valence-electron chi connectivity index (χ3n) is 8.64. The lowest BCUT2D eigenvalue weighted by atomic mass is 10.2. The van der Waals surface area contributed by atoms with Crippen LogP contribution in [0.3, 0.4) is 0 Å². The molecule has 306 valence electrons. The molecule has 0 amide bonds. The van der Waals surface area contributed by atoms with Gasteiger partial charge in [-0.05, 0) is 127 Å². The third kappa shape index (κ3) is 15.3. The third-order valence-corrected chi connectivity index (χ3v) is 13.5. The van der Waals surface area contributed by atoms with Crippen molar-refractivity contribution < 1.29 is 28.1 Å². The van der Waals surface area contributed by atoms with Gasteiger partial charge in [-0.1, -0.05) is 116 Å². The molecule has 0 saturated heterocycles. The maximum atomic E-state index is 14.4. The van der Waals surface area contributed by atoms with Crippen molar-refractivity contribution in [3.05, 3.63) is 117 Å². The van der Waals surface area contributed by atoms with Gasteiger partial charge >= 0.3 is 0 Å². The molecule has 0 spiro atoms. The molecule has 4 aromatic carbocycles. The number of rotatable bonds is 12. The first kappa shape index (κ1) is 47.2. The maximum Gasteiger partial charge on any atom is 0.210 e. The summed E-state index contributed by atoms with van der Waals surface area (Å²) in [6.07, 6.45) is 0. The lowest BCUT2D eigenvalue weighted by Crippen LogP contribution is -2.16. The summed E-state index contributed by atoms with van der Waals surface area (Å²) < 4.78 is 50.8. The Balaban J connectivity index is 1.11. The zero-order valence-corrected chi connectivity index (χ0v) is 37.7. The van der Waals surface area contributed by atoms with Gasteiger partial charge < -0.3 is 18.9 Å². The van der Waals surface area contributed by atoms with Crippen molar-refractivity contribution in [2.75, 3.05) is 52.9 Å². The molecule has 0 radical (unpaired) electrons. The van der Waals surface area contributed by atoms with Crippen molar-refractivity contribution in [1.29, 1.82) is 0 Å². The predicted molar refractivity (Wildman–Crippen MR) is 247 cm³/mol. The molecular weight excluding hydrogens is 783 g/mol. The molecule has 0 atom stereocenters. The Labute approximate surface area is 358 Å². The van der Waals surface area contributed by atoms with Crippen molar-refractivity contribution in [3.8, 4) is 70.5 Å². The fourth-order valence-electron chi connectivity index (χ4n) is 6.35. The molecule has 0 N–H and O–H groups in total. The van der Waals surface area contributed by atoms with Gasteiger partial charge in [0.25, 0.3) is 0 Å². The van der Waals surface area contributed by atoms with Crippen LogP contribution < -0.4 is 21.2 Å². The normalized spacial score (nSPS) is 10.5. The number of hydrogen-bond acceptors (Lipinski definition) is 6. The van der Waals surface area contributed by atoms with E-state index in [9.17, 15) is 9.13 Å². The Kier molecular flexibility index (Phi) is 18.9. The lowest BCUT2D eigenvalue weighted by molar-refractivity contribution is 0.198. The molecular formula is C52H52O6P2. The average Bonchev–Trinajstić information content (AvgIpc) is 3.17. The fourth-order valence-corrected chi connectivity index (χ4v) is 11.1. The van der Waals surface area contributed by atoms with Crippen molar-refractivity contribution in [3.63, 3.8) is 0 Å². The zero-order chi connectivity index (χ0) is 43.4. The lowest BCUT2D eigenvalue weighted by Gasteiger charge is -2.16. The molecule has 0 bridgehead atoms. The largest absolute Gasteiger partial charge is 0.356 e. The Morgan fingerprint density at radius 1 is 0.317 bits per heavy atom. The first-order valence-electron chi connectivity index (χ1n) is 19.5. The summed E-state index contributed by atoms with van der Waals surface area (Å²) in [7, 11) is -6.39. The minimum atomic E-state index is -3.20. The highest BCUT2D eigenvalue weighted by atomic mass is 31.2. The van der Waals surface area contributed by atoms with E-state index in [0.717, 1.165) is 65.7 Å². The number of ether oxygens (including phenoxy) is 4. The number of hydrogen-bond donors (Lipinski definition) is 0. The molecule has 0 aliphatic rings. The standard InChI is InChI=1S/C52H52O6P2/c1-41-29-42(2)34-49(33-41)59(53,50-35-43(3)30-44(4)36-50)27-17-25-57-23-15-13-21-55-19-11-9-10-12-20-56-22-14-16-24-58-26-18-28-60(54,51-37-45(5)31-46(6)38-51)52-39-47(7)32-48(8)40-52/h29-40H,19-26H2,1-8H3. The van der Waals surface area contributed by atoms with Crippen molar-refractivity contribution in [2.45, 2.75) is 55.4 Å². The number of benzene rings is 4. The van der Waals surface area contributed by atoms with E-state index < -0.39 is 14.3 Å². The van der Waals surface area contributed by atoms with E-state index in [0.29, 0.717) is 0 Å². The predicted octanol–water partition coefficient (Wildman–Crippen LogP) is 7.48. The monoisotopic (exact) mass is 834 g/mol. The molecule has 0 unspecified atom stereocenters. The zero-order valence-electron chi connectivity index (χ0n) is 35.9. The Morgan fingerprint density at radius 3 is 0.750 bits per heavy atom. The summed E-state index contributed by atoms with van der Waals surface area (Å²) in [4.78, 5) is 0. The maximum absolute atomic E-state index is 14.4. The SMILES string of the molecule is Cc1cc(C)cc(P(=O)(C#CCOCC#CCOCC#CC#CCOCC#CCOCC#CP(=O)(c2cc(C)cc(C)c2)c2cc(C)cc(C)c2)c2cc(C)cc(C)c2)c1. The van der Waals surface area contributed by atoms with Gasteiger partial charge in [-0.15, -0.1) is 0 Å². The van der Waals surface area contributed by atoms with Crippen LogP contribution in [0.15, 0.2) is 72.8 Å². The molecule has 4 rings (SSSR count). The summed E-state index contributed by atoms with van der Waals surface area (Å²) in [5.41, 5.74) is 14.5. The minimum Gasteiger partial charge on any atom is -0.356 e. The van der Waals surface area contributed by atoms with Gasteiger partial charge in [-0.25, -0.2) is 0 Å². The van der Waals surface area contributed by atoms with Crippen LogP contribution in [-0.2, 0) is 28.1 Å². The van der Waals surface area contributed by atoms with Gasteiger partial charge in [0, 0.05) is 21.2 Å². The highest BCUT2D eigenvalue weighted by Gasteiger charge is 2.27. The second kappa shape index (κ2) is 24.0. The quantitative estimate of drug-likeness (QED) is 0.0838. The molecule has 60 heavy (non-hydrogen) atoms. The van der Waals surface area contributed by atoms with Crippen LogP contribution >= 0.6 is 14.3 Å².